The molecule has 1 aliphatic heterocycles. The van der Waals surface area contributed by atoms with Crippen LogP contribution in [-0.2, 0) is 16.6 Å². The van der Waals surface area contributed by atoms with Gasteiger partial charge in [-0.2, -0.15) is 0 Å². The smallest absolute Gasteiger partial charge is 0.303 e. The zero-order valence-corrected chi connectivity index (χ0v) is 20.5. The van der Waals surface area contributed by atoms with Gasteiger partial charge in [-0.1, -0.05) is 48.1 Å². The lowest BCUT2D eigenvalue weighted by atomic mass is 10.0. The Morgan fingerprint density at radius 3 is 2.81 bits per heavy atom. The van der Waals surface area contributed by atoms with Crippen LogP contribution in [0.15, 0.2) is 52.2 Å². The molecule has 3 aromatic rings. The van der Waals surface area contributed by atoms with Crippen molar-refractivity contribution in [3.8, 4) is 0 Å². The second-order valence-corrected chi connectivity index (χ2v) is 11.6. The molecule has 4 rings (SSSR count). The summed E-state index contributed by atoms with van der Waals surface area (Å²) in [7, 11) is -3.63. The first-order chi connectivity index (χ1) is 15.3. The Kier molecular flexibility index (Phi) is 7.37. The summed E-state index contributed by atoms with van der Waals surface area (Å²) in [6.07, 6.45) is 3.26. The summed E-state index contributed by atoms with van der Waals surface area (Å²) < 4.78 is 30.6. The first kappa shape index (κ1) is 23.4. The highest BCUT2D eigenvalue weighted by atomic mass is 35.5. The van der Waals surface area contributed by atoms with Crippen molar-refractivity contribution in [3.05, 3.63) is 62.7 Å². The molecule has 1 atom stereocenters. The Morgan fingerprint density at radius 2 is 2.03 bits per heavy atom. The Labute approximate surface area is 197 Å². The van der Waals surface area contributed by atoms with Gasteiger partial charge in [-0.25, -0.2) is 13.1 Å². The Morgan fingerprint density at radius 1 is 1.22 bits per heavy atom. The van der Waals surface area contributed by atoms with Crippen LogP contribution in [0.2, 0.25) is 5.02 Å². The Hall–Kier alpha value is -1.71. The molecule has 1 fully saturated rings. The predicted octanol–water partition coefficient (Wildman–Crippen LogP) is 4.17. The van der Waals surface area contributed by atoms with Crippen molar-refractivity contribution in [3.63, 3.8) is 0 Å². The van der Waals surface area contributed by atoms with E-state index in [2.05, 4.69) is 16.5 Å². The quantitative estimate of drug-likeness (QED) is 0.478. The number of fused-ring (bicyclic) bond motifs is 1. The van der Waals surface area contributed by atoms with Gasteiger partial charge in [0.1, 0.15) is 0 Å². The number of aromatic nitrogens is 1. The van der Waals surface area contributed by atoms with Crippen LogP contribution in [-0.4, -0.2) is 44.1 Å². The largest absolute Gasteiger partial charge is 0.308 e. The zero-order chi connectivity index (χ0) is 22.7. The minimum Gasteiger partial charge on any atom is -0.303 e. The Balaban J connectivity index is 1.43. The Bertz CT molecular complexity index is 1250. The molecule has 1 N–H and O–H groups in total. The SMILES string of the molecule is CC1CCCN(CCCNS(=O)(=O)c2ccc3c(c2)sc(=O)n3Cc2ccccc2Cl)C1. The van der Waals surface area contributed by atoms with E-state index in [1.54, 1.807) is 28.8 Å². The highest BCUT2D eigenvalue weighted by molar-refractivity contribution is 7.89. The van der Waals surface area contributed by atoms with Gasteiger partial charge in [0.05, 0.1) is 21.7 Å². The normalized spacial score (nSPS) is 17.8. The van der Waals surface area contributed by atoms with Crippen LogP contribution in [0.4, 0.5) is 0 Å². The van der Waals surface area contributed by atoms with Gasteiger partial charge in [0.2, 0.25) is 10.0 Å². The molecule has 172 valence electrons. The van der Waals surface area contributed by atoms with E-state index in [9.17, 15) is 13.2 Å². The average molecular weight is 494 g/mol. The molecule has 1 saturated heterocycles. The minimum absolute atomic E-state index is 0.141. The van der Waals surface area contributed by atoms with E-state index >= 15 is 0 Å². The number of halogens is 1. The summed E-state index contributed by atoms with van der Waals surface area (Å²) >= 11 is 7.29. The number of sulfonamides is 1. The van der Waals surface area contributed by atoms with Crippen LogP contribution < -0.4 is 9.60 Å². The molecule has 0 saturated carbocycles. The van der Waals surface area contributed by atoms with E-state index in [4.69, 9.17) is 11.6 Å². The van der Waals surface area contributed by atoms with Gasteiger partial charge in [0.15, 0.2) is 0 Å². The maximum absolute atomic E-state index is 12.8. The molecule has 0 amide bonds. The molecule has 9 heteroatoms. The average Bonchev–Trinajstić information content (AvgIpc) is 3.07. The van der Waals surface area contributed by atoms with Crippen LogP contribution in [0, 0.1) is 5.92 Å². The first-order valence-corrected chi connectivity index (χ1v) is 13.6. The number of hydrogen-bond donors (Lipinski definition) is 1. The second kappa shape index (κ2) is 10.1. The van der Waals surface area contributed by atoms with Gasteiger partial charge in [-0.3, -0.25) is 9.36 Å². The molecule has 1 aromatic heterocycles. The van der Waals surface area contributed by atoms with Crippen LogP contribution >= 0.6 is 22.9 Å². The third-order valence-electron chi connectivity index (χ3n) is 5.92. The summed E-state index contributed by atoms with van der Waals surface area (Å²) in [5.74, 6) is 0.713. The molecule has 0 radical (unpaired) electrons. The van der Waals surface area contributed by atoms with E-state index in [1.165, 1.54) is 12.8 Å². The lowest BCUT2D eigenvalue weighted by Gasteiger charge is -2.30. The highest BCUT2D eigenvalue weighted by Gasteiger charge is 2.18. The van der Waals surface area contributed by atoms with Crippen molar-refractivity contribution in [1.82, 2.24) is 14.2 Å². The molecule has 32 heavy (non-hydrogen) atoms. The number of thiazole rings is 1. The van der Waals surface area contributed by atoms with Crippen molar-refractivity contribution in [2.75, 3.05) is 26.2 Å². The van der Waals surface area contributed by atoms with Crippen molar-refractivity contribution >= 4 is 43.2 Å². The molecule has 0 aliphatic carbocycles. The molecular formula is C23H28ClN3O3S2. The number of piperidine rings is 1. The zero-order valence-electron chi connectivity index (χ0n) is 18.1. The van der Waals surface area contributed by atoms with Crippen molar-refractivity contribution in [2.45, 2.75) is 37.6 Å². The van der Waals surface area contributed by atoms with E-state index < -0.39 is 10.0 Å². The first-order valence-electron chi connectivity index (χ1n) is 10.9. The molecule has 2 heterocycles. The van der Waals surface area contributed by atoms with Crippen LogP contribution in [0.25, 0.3) is 10.2 Å². The molecular weight excluding hydrogens is 466 g/mol. The minimum atomic E-state index is -3.63. The van der Waals surface area contributed by atoms with Gasteiger partial charge in [-0.05, 0) is 68.1 Å². The number of hydrogen-bond acceptors (Lipinski definition) is 5. The summed E-state index contributed by atoms with van der Waals surface area (Å²) in [5, 5.41) is 0.598. The standard InChI is InChI=1S/C23H28ClN3O3S2/c1-17-6-4-12-26(15-17)13-5-11-25-32(29,30)19-9-10-21-22(14-19)31-23(28)27(21)16-18-7-2-3-8-20(18)24/h2-3,7-10,14,17,25H,4-6,11-13,15-16H2,1H3. The number of benzene rings is 2. The number of nitrogens with zero attached hydrogens (tertiary/aromatic N) is 2. The van der Waals surface area contributed by atoms with Gasteiger partial charge in [-0.15, -0.1) is 0 Å². The second-order valence-electron chi connectivity index (χ2n) is 8.47. The van der Waals surface area contributed by atoms with Crippen molar-refractivity contribution in [1.29, 1.82) is 0 Å². The van der Waals surface area contributed by atoms with Crippen molar-refractivity contribution in [2.24, 2.45) is 5.92 Å². The summed E-state index contributed by atoms with van der Waals surface area (Å²) in [4.78, 5) is 15.0. The van der Waals surface area contributed by atoms with E-state index in [1.807, 2.05) is 18.2 Å². The molecule has 6 nitrogen and oxygen atoms in total. The van der Waals surface area contributed by atoms with Crippen LogP contribution in [0.5, 0.6) is 0 Å². The molecule has 1 unspecified atom stereocenters. The lowest BCUT2D eigenvalue weighted by molar-refractivity contribution is 0.182. The lowest BCUT2D eigenvalue weighted by Crippen LogP contribution is -2.36. The maximum Gasteiger partial charge on any atom is 0.308 e. The molecule has 0 spiro atoms. The molecule has 1 aliphatic rings. The summed E-state index contributed by atoms with van der Waals surface area (Å²) in [6.45, 7) is 6.10. The summed E-state index contributed by atoms with van der Waals surface area (Å²) in [5.41, 5.74) is 1.55. The van der Waals surface area contributed by atoms with E-state index in [0.717, 1.165) is 43.0 Å². The topological polar surface area (TPSA) is 71.4 Å². The number of rotatable bonds is 8. The van der Waals surface area contributed by atoms with Crippen LogP contribution in [0.1, 0.15) is 31.7 Å². The number of nitrogens with one attached hydrogen (secondary N) is 1. The highest BCUT2D eigenvalue weighted by Crippen LogP contribution is 2.24. The fraction of sp³-hybridized carbons (Fsp3) is 0.435. The van der Waals surface area contributed by atoms with Crippen LogP contribution in [0.3, 0.4) is 0 Å². The third kappa shape index (κ3) is 5.43. The molecule has 0 bridgehead atoms. The van der Waals surface area contributed by atoms with Gasteiger partial charge < -0.3 is 4.90 Å². The van der Waals surface area contributed by atoms with Gasteiger partial charge in [0.25, 0.3) is 0 Å². The predicted molar refractivity (Wildman–Crippen MR) is 131 cm³/mol. The third-order valence-corrected chi connectivity index (χ3v) is 8.69. The van der Waals surface area contributed by atoms with E-state index in [0.29, 0.717) is 34.2 Å². The molecule has 2 aromatic carbocycles. The fourth-order valence-corrected chi connectivity index (χ4v) is 6.54. The monoisotopic (exact) mass is 493 g/mol. The number of likely N-dealkylation sites (tertiary alicyclic amines) is 1. The van der Waals surface area contributed by atoms with Crippen molar-refractivity contribution < 1.29 is 8.42 Å². The van der Waals surface area contributed by atoms with Gasteiger partial charge in [0, 0.05) is 18.1 Å². The van der Waals surface area contributed by atoms with E-state index in [-0.39, 0.29) is 9.77 Å². The summed E-state index contributed by atoms with van der Waals surface area (Å²) in [6, 6.07) is 12.2. The van der Waals surface area contributed by atoms with Gasteiger partial charge >= 0.3 is 4.87 Å². The maximum atomic E-state index is 12.8. The fourth-order valence-electron chi connectivity index (χ4n) is 4.24.